The largest absolute Gasteiger partial charge is 0.396 e. The van der Waals surface area contributed by atoms with E-state index in [1.807, 2.05) is 0 Å². The van der Waals surface area contributed by atoms with E-state index >= 15 is 0 Å². The Hall–Kier alpha value is -1.38. The number of aliphatic hydroxyl groups is 1. The van der Waals surface area contributed by atoms with Gasteiger partial charge in [0.1, 0.15) is 0 Å². The first-order chi connectivity index (χ1) is 16.7. The highest BCUT2D eigenvalue weighted by molar-refractivity contribution is 5.54. The molecule has 0 aromatic heterocycles. The van der Waals surface area contributed by atoms with Crippen molar-refractivity contribution in [3.8, 4) is 0 Å². The molecule has 2 bridgehead atoms. The number of hydrogen-bond donors (Lipinski definition) is 2. The molecule has 7 rings (SSSR count). The molecule has 0 radical (unpaired) electrons. The summed E-state index contributed by atoms with van der Waals surface area (Å²) >= 11 is 0. The molecule has 2 heterocycles. The molecule has 1 spiro atoms. The molecule has 0 aromatic rings. The molecule has 0 aromatic carbocycles. The fourth-order valence-corrected chi connectivity index (χ4v) is 11.2. The molecule has 1 saturated heterocycles. The van der Waals surface area contributed by atoms with Crippen molar-refractivity contribution in [3.05, 3.63) is 58.7 Å². The van der Waals surface area contributed by atoms with Gasteiger partial charge in [-0.25, -0.2) is 0 Å². The minimum atomic E-state index is -0.00867. The second-order valence-corrected chi connectivity index (χ2v) is 14.2. The van der Waals surface area contributed by atoms with Gasteiger partial charge >= 0.3 is 0 Å². The summed E-state index contributed by atoms with van der Waals surface area (Å²) in [5.41, 5.74) is 8.51. The van der Waals surface area contributed by atoms with Gasteiger partial charge in [-0.05, 0) is 119 Å². The monoisotopic (exact) mass is 471 g/mol. The highest BCUT2D eigenvalue weighted by Gasteiger charge is 2.74. The van der Waals surface area contributed by atoms with Crippen molar-refractivity contribution < 1.29 is 5.11 Å². The van der Waals surface area contributed by atoms with Crippen molar-refractivity contribution >= 4 is 0 Å². The number of aliphatic hydroxyl groups excluding tert-OH is 1. The van der Waals surface area contributed by atoms with Crippen LogP contribution in [0.5, 0.6) is 0 Å². The molecular formula is C33H45NO. The number of allylic oxidation sites excluding steroid dienone is 5. The zero-order valence-corrected chi connectivity index (χ0v) is 22.4. The lowest BCUT2D eigenvalue weighted by Gasteiger charge is -2.64. The molecule has 2 N–H and O–H groups in total. The van der Waals surface area contributed by atoms with Crippen LogP contribution < -0.4 is 5.32 Å². The Labute approximate surface area is 212 Å². The van der Waals surface area contributed by atoms with Crippen LogP contribution in [0.15, 0.2) is 58.7 Å². The number of piperidine rings is 1. The molecule has 3 saturated carbocycles. The van der Waals surface area contributed by atoms with Crippen molar-refractivity contribution in [2.45, 2.75) is 96.6 Å². The molecule has 188 valence electrons. The summed E-state index contributed by atoms with van der Waals surface area (Å²) in [6, 6.07) is 0. The second-order valence-electron chi connectivity index (χ2n) is 14.2. The van der Waals surface area contributed by atoms with Crippen LogP contribution in [0, 0.1) is 40.4 Å². The van der Waals surface area contributed by atoms with Gasteiger partial charge in [-0.1, -0.05) is 54.5 Å². The van der Waals surface area contributed by atoms with Crippen molar-refractivity contribution in [2.75, 3.05) is 6.61 Å². The van der Waals surface area contributed by atoms with E-state index in [9.17, 15) is 5.11 Å². The van der Waals surface area contributed by atoms with Gasteiger partial charge in [0.25, 0.3) is 0 Å². The molecule has 9 atom stereocenters. The van der Waals surface area contributed by atoms with E-state index < -0.39 is 0 Å². The van der Waals surface area contributed by atoms with E-state index in [-0.39, 0.29) is 16.5 Å². The third kappa shape index (κ3) is 2.64. The van der Waals surface area contributed by atoms with E-state index in [4.69, 9.17) is 0 Å². The van der Waals surface area contributed by atoms with E-state index in [2.05, 4.69) is 63.9 Å². The van der Waals surface area contributed by atoms with Crippen LogP contribution in [-0.4, -0.2) is 22.8 Å². The zero-order chi connectivity index (χ0) is 24.4. The van der Waals surface area contributed by atoms with Crippen LogP contribution >= 0.6 is 0 Å². The molecule has 0 unspecified atom stereocenters. The van der Waals surface area contributed by atoms with E-state index in [1.165, 1.54) is 68.9 Å². The minimum absolute atomic E-state index is 0.00867. The summed E-state index contributed by atoms with van der Waals surface area (Å²) in [6.45, 7) is 14.4. The van der Waals surface area contributed by atoms with Gasteiger partial charge < -0.3 is 5.11 Å². The lowest BCUT2D eigenvalue weighted by atomic mass is 9.48. The van der Waals surface area contributed by atoms with Gasteiger partial charge in [-0.2, -0.15) is 0 Å². The molecule has 2 heteroatoms. The van der Waals surface area contributed by atoms with Crippen LogP contribution in [0.3, 0.4) is 0 Å². The zero-order valence-electron chi connectivity index (χ0n) is 22.4. The number of rotatable bonds is 3. The van der Waals surface area contributed by atoms with Gasteiger partial charge in [0.15, 0.2) is 0 Å². The summed E-state index contributed by atoms with van der Waals surface area (Å²) in [5.74, 6) is 3.12. The Morgan fingerprint density at radius 3 is 2.74 bits per heavy atom. The van der Waals surface area contributed by atoms with Gasteiger partial charge in [-0.15, -0.1) is 0 Å². The maximum Gasteiger partial charge on any atom is 0.0593 e. The third-order valence-corrected chi connectivity index (χ3v) is 12.7. The molecule has 35 heavy (non-hydrogen) atoms. The quantitative estimate of drug-likeness (QED) is 0.432. The summed E-state index contributed by atoms with van der Waals surface area (Å²) < 4.78 is 0. The maximum atomic E-state index is 10.3. The lowest BCUT2D eigenvalue weighted by molar-refractivity contribution is -0.0116. The van der Waals surface area contributed by atoms with Crippen molar-refractivity contribution in [2.24, 2.45) is 40.4 Å². The average molecular weight is 472 g/mol. The van der Waals surface area contributed by atoms with Crippen LogP contribution in [0.25, 0.3) is 0 Å². The van der Waals surface area contributed by atoms with Crippen LogP contribution in [0.2, 0.25) is 0 Å². The highest BCUT2D eigenvalue weighted by Crippen LogP contribution is 2.74. The third-order valence-electron chi connectivity index (χ3n) is 12.7. The summed E-state index contributed by atoms with van der Waals surface area (Å²) in [5, 5.41) is 14.8. The van der Waals surface area contributed by atoms with Crippen LogP contribution in [0.4, 0.5) is 0 Å². The van der Waals surface area contributed by atoms with Gasteiger partial charge in [0.05, 0.1) is 5.54 Å². The smallest absolute Gasteiger partial charge is 0.0593 e. The first kappa shape index (κ1) is 22.8. The van der Waals surface area contributed by atoms with Gasteiger partial charge in [0, 0.05) is 23.5 Å². The Morgan fingerprint density at radius 2 is 1.97 bits per heavy atom. The first-order valence-corrected chi connectivity index (χ1v) is 14.6. The minimum Gasteiger partial charge on any atom is -0.396 e. The number of hydrogen-bond acceptors (Lipinski definition) is 2. The average Bonchev–Trinajstić information content (AvgIpc) is 3.34. The Balaban J connectivity index is 1.37. The number of fused-ring (bicyclic) bond motifs is 2. The van der Waals surface area contributed by atoms with Gasteiger partial charge in [-0.3, -0.25) is 5.32 Å². The van der Waals surface area contributed by atoms with E-state index in [0.717, 1.165) is 11.8 Å². The first-order valence-electron chi connectivity index (χ1n) is 14.6. The number of nitrogens with one attached hydrogen (secondary N) is 1. The van der Waals surface area contributed by atoms with Crippen molar-refractivity contribution in [1.29, 1.82) is 0 Å². The molecule has 2 nitrogen and oxygen atoms in total. The summed E-state index contributed by atoms with van der Waals surface area (Å²) in [4.78, 5) is 0. The van der Waals surface area contributed by atoms with Crippen LogP contribution in [0.1, 0.15) is 85.5 Å². The fraction of sp³-hybridized carbons (Fsp3) is 0.697. The summed E-state index contributed by atoms with van der Waals surface area (Å²) in [7, 11) is 0. The van der Waals surface area contributed by atoms with Crippen molar-refractivity contribution in [1.82, 2.24) is 5.32 Å². The standard InChI is InChI=1S/C33H45NO/c1-20(2)22-10-12-30(4)17-27(14-21(3)29(30)15-22)32-13-11-24-16-25-8-9-28-23(19-35)6-7-26(18-32)33(25,28)31(24,5)34-32/h6-7,14,18,22-25,28,34-35H,1,8-13,15-17,19H2,2-5H3/t22-,23-,24-,25+,28-,30+,31-,32+,33-/m1/s1. The van der Waals surface area contributed by atoms with E-state index in [0.29, 0.717) is 29.8 Å². The molecule has 4 fully saturated rings. The Bertz CT molecular complexity index is 1120. The molecule has 5 aliphatic carbocycles. The topological polar surface area (TPSA) is 32.3 Å². The molecular weight excluding hydrogens is 426 g/mol. The van der Waals surface area contributed by atoms with Gasteiger partial charge in [0.2, 0.25) is 0 Å². The van der Waals surface area contributed by atoms with E-state index in [1.54, 1.807) is 16.7 Å². The molecule has 7 aliphatic rings. The Kier molecular flexibility index (Phi) is 4.64. The SMILES string of the molecule is C=C(C)[C@@H]1CC[C@@]2(C)CC([C@@]34C=C5C=C[C@H](CO)[C@H]6CC[C@H]7C[C@@H](CC3)[C@@](C)(N4)[C@@]576)=CC(C)=C2C1. The predicted octanol–water partition coefficient (Wildman–Crippen LogP) is 7.05. The normalized spacial score (nSPS) is 51.5. The summed E-state index contributed by atoms with van der Waals surface area (Å²) in [6.07, 6.45) is 21.7. The molecule has 0 amide bonds. The lowest BCUT2D eigenvalue weighted by Crippen LogP contribution is -2.73. The maximum absolute atomic E-state index is 10.3. The highest BCUT2D eigenvalue weighted by atomic mass is 16.3. The fourth-order valence-electron chi connectivity index (χ4n) is 11.2. The van der Waals surface area contributed by atoms with Crippen molar-refractivity contribution in [3.63, 3.8) is 0 Å². The Morgan fingerprint density at radius 1 is 1.14 bits per heavy atom. The van der Waals surface area contributed by atoms with Crippen LogP contribution in [-0.2, 0) is 0 Å². The predicted molar refractivity (Wildman–Crippen MR) is 144 cm³/mol. The molecule has 2 aliphatic heterocycles. The second kappa shape index (κ2) is 7.13.